The number of rotatable bonds is 0. The molecule has 0 aromatic carbocycles. The summed E-state index contributed by atoms with van der Waals surface area (Å²) in [6, 6.07) is 0. The van der Waals surface area contributed by atoms with Crippen LogP contribution < -0.4 is 5.73 Å². The van der Waals surface area contributed by atoms with Crippen LogP contribution in [-0.2, 0) is 0 Å². The largest absolute Gasteiger partial charge is 0.402 e. The Labute approximate surface area is 85.0 Å². The van der Waals surface area contributed by atoms with Crippen LogP contribution in [0.2, 0.25) is 0 Å². The highest BCUT2D eigenvalue weighted by molar-refractivity contribution is 5.51. The second kappa shape index (κ2) is 3.70. The quantitative estimate of drug-likeness (QED) is 0.617. The predicted molar refractivity (Wildman–Crippen MR) is 60.5 cm³/mol. The third kappa shape index (κ3) is 1.87. The van der Waals surface area contributed by atoms with Crippen LogP contribution in [0, 0.1) is 5.92 Å². The van der Waals surface area contributed by atoms with Crippen molar-refractivity contribution >= 4 is 0 Å². The summed E-state index contributed by atoms with van der Waals surface area (Å²) in [5.41, 5.74) is 9.24. The average Bonchev–Trinajstić information content (AvgIpc) is 2.44. The molecule has 2 aliphatic carbocycles. The zero-order chi connectivity index (χ0) is 9.97. The van der Waals surface area contributed by atoms with Gasteiger partial charge in [0.2, 0.25) is 0 Å². The van der Waals surface area contributed by atoms with Gasteiger partial charge in [0.05, 0.1) is 0 Å². The van der Waals surface area contributed by atoms with Gasteiger partial charge in [0, 0.05) is 12.1 Å². The summed E-state index contributed by atoms with van der Waals surface area (Å²) < 4.78 is 0. The van der Waals surface area contributed by atoms with E-state index in [1.54, 1.807) is 0 Å². The molecule has 0 heterocycles. The third-order valence-electron chi connectivity index (χ3n) is 2.53. The Morgan fingerprint density at radius 1 is 1.14 bits per heavy atom. The first-order valence-corrected chi connectivity index (χ1v) is 4.99. The maximum absolute atomic E-state index is 5.78. The summed E-state index contributed by atoms with van der Waals surface area (Å²) in [6.07, 6.45) is 15.9. The molecule has 0 radical (unpaired) electrons. The van der Waals surface area contributed by atoms with Crippen molar-refractivity contribution in [3.63, 3.8) is 0 Å². The first kappa shape index (κ1) is 9.07. The Balaban J connectivity index is 2.41. The van der Waals surface area contributed by atoms with E-state index < -0.39 is 0 Å². The van der Waals surface area contributed by atoms with Gasteiger partial charge in [-0.25, -0.2) is 0 Å². The molecular formula is C13H15N. The maximum atomic E-state index is 5.78. The van der Waals surface area contributed by atoms with Crippen molar-refractivity contribution in [3.05, 3.63) is 59.4 Å². The second-order valence-electron chi connectivity index (χ2n) is 3.80. The Morgan fingerprint density at radius 3 is 2.64 bits per heavy atom. The third-order valence-corrected chi connectivity index (χ3v) is 2.53. The second-order valence-corrected chi connectivity index (χ2v) is 3.80. The molecule has 1 unspecified atom stereocenters. The van der Waals surface area contributed by atoms with Crippen molar-refractivity contribution in [3.8, 4) is 0 Å². The van der Waals surface area contributed by atoms with Crippen molar-refractivity contribution < 1.29 is 0 Å². The minimum Gasteiger partial charge on any atom is -0.402 e. The molecule has 72 valence electrons. The monoisotopic (exact) mass is 185 g/mol. The minimum absolute atomic E-state index is 0.519. The lowest BCUT2D eigenvalue weighted by Gasteiger charge is -1.98. The molecule has 1 heteroatoms. The van der Waals surface area contributed by atoms with Gasteiger partial charge in [0.15, 0.2) is 0 Å². The molecule has 0 bridgehead atoms. The lowest BCUT2D eigenvalue weighted by molar-refractivity contribution is 0.942. The normalized spacial score (nSPS) is 25.5. The number of nitrogens with two attached hydrogens (primary N) is 1. The van der Waals surface area contributed by atoms with Crippen LogP contribution >= 0.6 is 0 Å². The van der Waals surface area contributed by atoms with E-state index in [4.69, 9.17) is 5.73 Å². The van der Waals surface area contributed by atoms with Gasteiger partial charge in [-0.05, 0) is 23.1 Å². The van der Waals surface area contributed by atoms with E-state index in [0.29, 0.717) is 5.92 Å². The summed E-state index contributed by atoms with van der Waals surface area (Å²) in [5, 5.41) is 0. The highest BCUT2D eigenvalue weighted by Gasteiger charge is 2.05. The van der Waals surface area contributed by atoms with Crippen LogP contribution in [0.3, 0.4) is 0 Å². The zero-order valence-corrected chi connectivity index (χ0v) is 8.40. The maximum Gasteiger partial charge on any atom is 0.0119 e. The molecule has 0 saturated carbocycles. The molecule has 0 saturated heterocycles. The molecule has 1 nitrogen and oxygen atoms in total. The predicted octanol–water partition coefficient (Wildman–Crippen LogP) is 2.85. The fraction of sp³-hybridized carbons (Fsp3) is 0.231. The van der Waals surface area contributed by atoms with Gasteiger partial charge in [-0.2, -0.15) is 0 Å². The van der Waals surface area contributed by atoms with Gasteiger partial charge >= 0.3 is 0 Å². The van der Waals surface area contributed by atoms with Gasteiger partial charge in [-0.1, -0.05) is 43.4 Å². The van der Waals surface area contributed by atoms with E-state index in [2.05, 4.69) is 43.4 Å². The lowest BCUT2D eigenvalue weighted by Crippen LogP contribution is -1.93. The molecule has 0 aliphatic heterocycles. The standard InChI is InChI=1S/C13H15N/c1-10-2-4-11-6-8-13(14)9-7-12(11)5-3-10/h2-8,10H,9,14H2,1H3. The molecule has 0 aromatic heterocycles. The summed E-state index contributed by atoms with van der Waals surface area (Å²) in [6.45, 7) is 2.18. The highest BCUT2D eigenvalue weighted by Crippen LogP contribution is 2.23. The summed E-state index contributed by atoms with van der Waals surface area (Å²) in [5.74, 6) is 0.519. The highest BCUT2D eigenvalue weighted by atomic mass is 14.6. The van der Waals surface area contributed by atoms with Crippen molar-refractivity contribution in [1.29, 1.82) is 0 Å². The van der Waals surface area contributed by atoms with Gasteiger partial charge < -0.3 is 5.73 Å². The zero-order valence-electron chi connectivity index (χ0n) is 8.40. The van der Waals surface area contributed by atoms with E-state index >= 15 is 0 Å². The molecule has 0 spiro atoms. The Kier molecular flexibility index (Phi) is 2.40. The molecule has 0 fully saturated rings. The molecule has 0 amide bonds. The van der Waals surface area contributed by atoms with Gasteiger partial charge in [-0.3, -0.25) is 0 Å². The first-order valence-electron chi connectivity index (χ1n) is 4.99. The van der Waals surface area contributed by atoms with E-state index in [0.717, 1.165) is 12.1 Å². The summed E-state index contributed by atoms with van der Waals surface area (Å²) >= 11 is 0. The molecule has 2 aliphatic rings. The van der Waals surface area contributed by atoms with E-state index in [9.17, 15) is 0 Å². The smallest absolute Gasteiger partial charge is 0.0119 e. The van der Waals surface area contributed by atoms with Crippen LogP contribution in [0.25, 0.3) is 0 Å². The SMILES string of the molecule is CC1C=CC2=CC=C(N)CC=C2C=C1. The van der Waals surface area contributed by atoms with Crippen LogP contribution in [0.15, 0.2) is 59.4 Å². The average molecular weight is 185 g/mol. The Hall–Kier alpha value is -1.50. The molecule has 1 atom stereocenters. The Morgan fingerprint density at radius 2 is 1.86 bits per heavy atom. The van der Waals surface area contributed by atoms with Crippen LogP contribution in [0.5, 0.6) is 0 Å². The topological polar surface area (TPSA) is 26.0 Å². The van der Waals surface area contributed by atoms with Crippen molar-refractivity contribution in [2.45, 2.75) is 13.3 Å². The fourth-order valence-electron chi connectivity index (χ4n) is 1.60. The van der Waals surface area contributed by atoms with Crippen LogP contribution in [0.4, 0.5) is 0 Å². The number of allylic oxidation sites excluding steroid dienone is 9. The number of hydrogen-bond acceptors (Lipinski definition) is 1. The molecular weight excluding hydrogens is 170 g/mol. The summed E-state index contributed by atoms with van der Waals surface area (Å²) in [4.78, 5) is 0. The van der Waals surface area contributed by atoms with Crippen LogP contribution in [0.1, 0.15) is 13.3 Å². The van der Waals surface area contributed by atoms with Gasteiger partial charge in [0.25, 0.3) is 0 Å². The number of fused-ring (bicyclic) bond motifs is 1. The lowest BCUT2D eigenvalue weighted by atomic mass is 10.1. The minimum atomic E-state index is 0.519. The number of hydrogen-bond donors (Lipinski definition) is 1. The van der Waals surface area contributed by atoms with E-state index in [-0.39, 0.29) is 0 Å². The molecule has 0 aromatic rings. The fourth-order valence-corrected chi connectivity index (χ4v) is 1.60. The van der Waals surface area contributed by atoms with E-state index in [1.165, 1.54) is 11.1 Å². The van der Waals surface area contributed by atoms with E-state index in [1.807, 2.05) is 6.08 Å². The first-order chi connectivity index (χ1) is 6.75. The summed E-state index contributed by atoms with van der Waals surface area (Å²) in [7, 11) is 0. The molecule has 2 rings (SSSR count). The van der Waals surface area contributed by atoms with Crippen LogP contribution in [-0.4, -0.2) is 0 Å². The van der Waals surface area contributed by atoms with Crippen molar-refractivity contribution in [1.82, 2.24) is 0 Å². The van der Waals surface area contributed by atoms with Crippen molar-refractivity contribution in [2.75, 3.05) is 0 Å². The molecule has 2 N–H and O–H groups in total. The Bertz CT molecular complexity index is 378. The van der Waals surface area contributed by atoms with Gasteiger partial charge in [-0.15, -0.1) is 0 Å². The molecule has 14 heavy (non-hydrogen) atoms. The van der Waals surface area contributed by atoms with Gasteiger partial charge in [0.1, 0.15) is 0 Å². The van der Waals surface area contributed by atoms with Crippen molar-refractivity contribution in [2.24, 2.45) is 11.7 Å².